The summed E-state index contributed by atoms with van der Waals surface area (Å²) in [6, 6.07) is 3.88. The summed E-state index contributed by atoms with van der Waals surface area (Å²) in [7, 11) is 0. The Bertz CT molecular complexity index is 1050. The number of Topliss-reactive ketones (excluding diaryl/α,β-unsaturated/α-hetero) is 1. The Morgan fingerprint density at radius 3 is 2.54 bits per heavy atom. The summed E-state index contributed by atoms with van der Waals surface area (Å²) < 4.78 is 6.99. The molecule has 0 unspecified atom stereocenters. The van der Waals surface area contributed by atoms with Gasteiger partial charge in [-0.25, -0.2) is 0 Å². The quantitative estimate of drug-likeness (QED) is 0.552. The van der Waals surface area contributed by atoms with Crippen LogP contribution in [-0.4, -0.2) is 16.3 Å². The highest BCUT2D eigenvalue weighted by atomic mass is 16.5. The number of ether oxygens (including phenoxy) is 1. The highest BCUT2D eigenvalue weighted by Gasteiger charge is 2.36. The number of hydrogen-bond acceptors (Lipinski definition) is 4. The summed E-state index contributed by atoms with van der Waals surface area (Å²) in [6.07, 6.45) is 1.64. The molecule has 0 spiro atoms. The lowest BCUT2D eigenvalue weighted by Crippen LogP contribution is -2.41. The van der Waals surface area contributed by atoms with E-state index in [0.29, 0.717) is 5.39 Å². The van der Waals surface area contributed by atoms with Gasteiger partial charge < -0.3 is 4.74 Å². The summed E-state index contributed by atoms with van der Waals surface area (Å²) in [6.45, 7) is 7.81. The molecule has 0 atom stereocenters. The van der Waals surface area contributed by atoms with Gasteiger partial charge in [0.15, 0.2) is 11.5 Å². The van der Waals surface area contributed by atoms with Crippen molar-refractivity contribution in [2.75, 3.05) is 0 Å². The third kappa shape index (κ3) is 1.78. The van der Waals surface area contributed by atoms with Gasteiger partial charge in [0.05, 0.1) is 11.1 Å². The number of carbonyl (C=O) groups excluding carboxylic acids is 2. The third-order valence-corrected chi connectivity index (χ3v) is 4.74. The fourth-order valence-corrected chi connectivity index (χ4v) is 3.88. The van der Waals surface area contributed by atoms with Crippen molar-refractivity contribution in [3.8, 4) is 5.75 Å². The molecule has 2 aromatic rings. The molecule has 24 heavy (non-hydrogen) atoms. The second-order valence-electron chi connectivity index (χ2n) is 7.11. The number of pyridine rings is 1. The first-order valence-electron chi connectivity index (χ1n) is 7.88. The lowest BCUT2D eigenvalue weighted by atomic mass is 9.87. The van der Waals surface area contributed by atoms with E-state index in [1.165, 1.54) is 0 Å². The predicted molar refractivity (Wildman–Crippen MR) is 90.5 cm³/mol. The standard InChI is InChI=1S/C19H17NO4/c1-9-5-11-10(2)8-19(3,4)20-16(11)12(6-9)17-15(18(20)23)13(21)7-14(22)24-17/h5-6,8H,7H2,1-4H3. The molecule has 1 aromatic heterocycles. The Morgan fingerprint density at radius 1 is 1.12 bits per heavy atom. The van der Waals surface area contributed by atoms with Gasteiger partial charge in [0.2, 0.25) is 0 Å². The van der Waals surface area contributed by atoms with E-state index in [0.717, 1.165) is 22.2 Å². The zero-order valence-electron chi connectivity index (χ0n) is 14.0. The average Bonchev–Trinajstić information content (AvgIpc) is 2.44. The molecule has 0 bridgehead atoms. The van der Waals surface area contributed by atoms with Crippen molar-refractivity contribution in [3.63, 3.8) is 0 Å². The first-order valence-corrected chi connectivity index (χ1v) is 7.88. The molecule has 3 heterocycles. The van der Waals surface area contributed by atoms with Crippen LogP contribution in [-0.2, 0) is 10.3 Å². The van der Waals surface area contributed by atoms with E-state index in [-0.39, 0.29) is 17.7 Å². The van der Waals surface area contributed by atoms with Gasteiger partial charge in [-0.1, -0.05) is 6.08 Å². The van der Waals surface area contributed by atoms with Crippen LogP contribution in [0.2, 0.25) is 0 Å². The smallest absolute Gasteiger partial charge is 0.319 e. The Morgan fingerprint density at radius 2 is 1.83 bits per heavy atom. The predicted octanol–water partition coefficient (Wildman–Crippen LogP) is 2.95. The van der Waals surface area contributed by atoms with E-state index in [1.807, 2.05) is 45.9 Å². The number of carbonyl (C=O) groups is 2. The van der Waals surface area contributed by atoms with Crippen molar-refractivity contribution in [2.24, 2.45) is 0 Å². The van der Waals surface area contributed by atoms with E-state index >= 15 is 0 Å². The Kier molecular flexibility index (Phi) is 2.75. The number of ketones is 1. The lowest BCUT2D eigenvalue weighted by Gasteiger charge is -2.34. The largest absolute Gasteiger partial charge is 0.424 e. The highest BCUT2D eigenvalue weighted by Crippen LogP contribution is 2.41. The molecular formula is C19H17NO4. The van der Waals surface area contributed by atoms with Gasteiger partial charge in [-0.15, -0.1) is 0 Å². The maximum atomic E-state index is 13.1. The first kappa shape index (κ1) is 14.9. The number of esters is 1. The minimum atomic E-state index is -0.613. The molecule has 1 aromatic carbocycles. The summed E-state index contributed by atoms with van der Waals surface area (Å²) in [4.78, 5) is 37.2. The summed E-state index contributed by atoms with van der Waals surface area (Å²) in [5.74, 6) is -0.970. The van der Waals surface area contributed by atoms with Crippen LogP contribution in [0.5, 0.6) is 5.75 Å². The van der Waals surface area contributed by atoms with Crippen LogP contribution in [0.15, 0.2) is 23.0 Å². The number of allylic oxidation sites excluding steroid dienone is 2. The Balaban J connectivity index is 2.31. The average molecular weight is 323 g/mol. The fraction of sp³-hybridized carbons (Fsp3) is 0.316. The van der Waals surface area contributed by atoms with Gasteiger partial charge in [0.1, 0.15) is 12.0 Å². The van der Waals surface area contributed by atoms with Crippen LogP contribution >= 0.6 is 0 Å². The molecule has 2 aliphatic heterocycles. The maximum Gasteiger partial charge on any atom is 0.319 e. The third-order valence-electron chi connectivity index (χ3n) is 4.74. The van der Waals surface area contributed by atoms with Gasteiger partial charge in [-0.05, 0) is 51.0 Å². The number of hydrogen-bond donors (Lipinski definition) is 0. The molecule has 0 saturated heterocycles. The number of aryl methyl sites for hydroxylation is 1. The fourth-order valence-electron chi connectivity index (χ4n) is 3.88. The number of rotatable bonds is 0. The number of fused-ring (bicyclic) bond motifs is 2. The van der Waals surface area contributed by atoms with Gasteiger partial charge in [0.25, 0.3) is 5.56 Å². The Hall–Kier alpha value is -2.69. The highest BCUT2D eigenvalue weighted by molar-refractivity contribution is 6.15. The van der Waals surface area contributed by atoms with Crippen LogP contribution in [0.1, 0.15) is 48.7 Å². The van der Waals surface area contributed by atoms with Crippen LogP contribution in [0.4, 0.5) is 0 Å². The minimum Gasteiger partial charge on any atom is -0.424 e. The number of benzene rings is 1. The molecule has 122 valence electrons. The summed E-state index contributed by atoms with van der Waals surface area (Å²) in [5, 5.41) is 0.640. The monoisotopic (exact) mass is 323 g/mol. The molecule has 5 heteroatoms. The molecule has 0 amide bonds. The molecule has 5 nitrogen and oxygen atoms in total. The molecule has 0 N–H and O–H groups in total. The summed E-state index contributed by atoms with van der Waals surface area (Å²) in [5.41, 5.74) is 2.70. The van der Waals surface area contributed by atoms with E-state index in [1.54, 1.807) is 4.57 Å². The van der Waals surface area contributed by atoms with Crippen molar-refractivity contribution in [1.82, 2.24) is 4.57 Å². The molecule has 2 aliphatic rings. The van der Waals surface area contributed by atoms with Gasteiger partial charge in [0, 0.05) is 10.9 Å². The van der Waals surface area contributed by atoms with Crippen molar-refractivity contribution < 1.29 is 14.3 Å². The van der Waals surface area contributed by atoms with Crippen LogP contribution in [0.25, 0.3) is 16.5 Å². The first-order chi connectivity index (χ1) is 11.2. The topological polar surface area (TPSA) is 65.4 Å². The van der Waals surface area contributed by atoms with Gasteiger partial charge in [-0.2, -0.15) is 0 Å². The molecular weight excluding hydrogens is 306 g/mol. The van der Waals surface area contributed by atoms with Crippen molar-refractivity contribution >= 4 is 28.2 Å². The molecule has 0 saturated carbocycles. The van der Waals surface area contributed by atoms with E-state index in [2.05, 4.69) is 0 Å². The number of nitrogens with zero attached hydrogens (tertiary/aromatic N) is 1. The van der Waals surface area contributed by atoms with Gasteiger partial charge >= 0.3 is 5.97 Å². The molecule has 4 rings (SSSR count). The van der Waals surface area contributed by atoms with Crippen LogP contribution < -0.4 is 10.3 Å². The second kappa shape index (κ2) is 4.44. The van der Waals surface area contributed by atoms with Crippen molar-refractivity contribution in [2.45, 2.75) is 39.7 Å². The van der Waals surface area contributed by atoms with E-state index in [4.69, 9.17) is 4.74 Å². The molecule has 0 radical (unpaired) electrons. The van der Waals surface area contributed by atoms with E-state index in [9.17, 15) is 14.4 Å². The van der Waals surface area contributed by atoms with Crippen LogP contribution in [0.3, 0.4) is 0 Å². The SMILES string of the molecule is CC1=CC(C)(C)n2c(=O)c3c(c4cc(C)cc1c42)OC(=O)CC3=O. The normalized spacial score (nSPS) is 18.2. The van der Waals surface area contributed by atoms with Crippen molar-refractivity contribution in [3.05, 3.63) is 45.3 Å². The van der Waals surface area contributed by atoms with Gasteiger partial charge in [-0.3, -0.25) is 19.0 Å². The number of aromatic nitrogens is 1. The minimum absolute atomic E-state index is 0.0142. The molecule has 0 aliphatic carbocycles. The molecule has 0 fully saturated rings. The van der Waals surface area contributed by atoms with Crippen molar-refractivity contribution in [1.29, 1.82) is 0 Å². The van der Waals surface area contributed by atoms with Crippen LogP contribution in [0, 0.1) is 6.92 Å². The lowest BCUT2D eigenvalue weighted by molar-refractivity contribution is -0.133. The Labute approximate surface area is 138 Å². The summed E-state index contributed by atoms with van der Waals surface area (Å²) >= 11 is 0. The zero-order chi connectivity index (χ0) is 17.4. The van der Waals surface area contributed by atoms with E-state index < -0.39 is 22.9 Å². The zero-order valence-corrected chi connectivity index (χ0v) is 14.0. The second-order valence-corrected chi connectivity index (χ2v) is 7.11. The maximum absolute atomic E-state index is 13.1.